The van der Waals surface area contributed by atoms with Gasteiger partial charge in [0.2, 0.25) is 4.77 Å². The van der Waals surface area contributed by atoms with Crippen molar-refractivity contribution in [3.63, 3.8) is 0 Å². The Morgan fingerprint density at radius 1 is 1.44 bits per heavy atom. The van der Waals surface area contributed by atoms with Crippen LogP contribution in [0.5, 0.6) is 0 Å². The van der Waals surface area contributed by atoms with Gasteiger partial charge in [0.25, 0.3) is 0 Å². The van der Waals surface area contributed by atoms with Gasteiger partial charge < -0.3 is 0 Å². The van der Waals surface area contributed by atoms with Gasteiger partial charge in [-0.25, -0.2) is 0 Å². The van der Waals surface area contributed by atoms with Crippen molar-refractivity contribution >= 4 is 36.1 Å². The summed E-state index contributed by atoms with van der Waals surface area (Å²) in [4.78, 5) is 0. The molecule has 0 spiro atoms. The Kier molecular flexibility index (Phi) is 4.07. The second kappa shape index (κ2) is 5.75. The van der Waals surface area contributed by atoms with Gasteiger partial charge in [-0.05, 0) is 30.8 Å². The van der Waals surface area contributed by atoms with E-state index in [2.05, 4.69) is 15.3 Å². The summed E-state index contributed by atoms with van der Waals surface area (Å²) in [5.41, 5.74) is 1.02. The largest absolute Gasteiger partial charge is 0.250 e. The molecule has 0 bridgehead atoms. The predicted octanol–water partition coefficient (Wildman–Crippen LogP) is 3.36. The minimum absolute atomic E-state index is 0.438. The summed E-state index contributed by atoms with van der Waals surface area (Å²) in [7, 11) is 0. The third kappa shape index (κ3) is 3.15. The summed E-state index contributed by atoms with van der Waals surface area (Å²) < 4.78 is 1.95. The minimum Gasteiger partial charge on any atom is -0.250 e. The van der Waals surface area contributed by atoms with Crippen LogP contribution in [0.15, 0.2) is 40.5 Å². The van der Waals surface area contributed by atoms with Gasteiger partial charge in [0, 0.05) is 0 Å². The molecule has 1 N–H and O–H groups in total. The Labute approximate surface area is 115 Å². The van der Waals surface area contributed by atoms with Crippen molar-refractivity contribution in [2.75, 3.05) is 0 Å². The fourth-order valence-corrected chi connectivity index (χ4v) is 1.76. The lowest BCUT2D eigenvalue weighted by molar-refractivity contribution is 0.821. The highest BCUT2D eigenvalue weighted by Gasteiger charge is 1.97. The summed E-state index contributed by atoms with van der Waals surface area (Å²) in [6, 6.07) is 9.77. The number of aromatic amines is 1. The van der Waals surface area contributed by atoms with Gasteiger partial charge in [-0.1, -0.05) is 41.9 Å². The molecule has 1 aromatic heterocycles. The first-order valence-corrected chi connectivity index (χ1v) is 6.06. The lowest BCUT2D eigenvalue weighted by Gasteiger charge is -1.94. The first-order valence-electron chi connectivity index (χ1n) is 5.27. The average Bonchev–Trinajstić information content (AvgIpc) is 2.68. The molecule has 92 valence electrons. The van der Waals surface area contributed by atoms with E-state index in [0.29, 0.717) is 15.6 Å². The summed E-state index contributed by atoms with van der Waals surface area (Å²) in [5.74, 6) is 0.681. The third-order valence-electron chi connectivity index (χ3n) is 2.21. The molecule has 0 amide bonds. The summed E-state index contributed by atoms with van der Waals surface area (Å²) in [6.07, 6.45) is 3.36. The molecule has 0 saturated carbocycles. The van der Waals surface area contributed by atoms with Crippen molar-refractivity contribution in [2.45, 2.75) is 6.92 Å². The second-order valence-corrected chi connectivity index (χ2v) is 4.40. The molecule has 6 heteroatoms. The zero-order valence-corrected chi connectivity index (χ0v) is 11.2. The van der Waals surface area contributed by atoms with Crippen LogP contribution in [-0.4, -0.2) is 21.1 Å². The van der Waals surface area contributed by atoms with E-state index >= 15 is 0 Å². The maximum Gasteiger partial charge on any atom is 0.216 e. The van der Waals surface area contributed by atoms with Crippen molar-refractivity contribution in [2.24, 2.45) is 5.10 Å². The fourth-order valence-electron chi connectivity index (χ4n) is 1.37. The van der Waals surface area contributed by atoms with Gasteiger partial charge in [-0.3, -0.25) is 5.10 Å². The molecule has 0 radical (unpaired) electrons. The first kappa shape index (κ1) is 12.7. The number of benzene rings is 1. The minimum atomic E-state index is 0.438. The fraction of sp³-hybridized carbons (Fsp3) is 0.0833. The van der Waals surface area contributed by atoms with Crippen LogP contribution < -0.4 is 0 Å². The van der Waals surface area contributed by atoms with Gasteiger partial charge in [-0.2, -0.15) is 14.9 Å². The van der Waals surface area contributed by atoms with E-state index in [1.807, 2.05) is 36.4 Å². The van der Waals surface area contributed by atoms with Gasteiger partial charge in [0.05, 0.1) is 11.2 Å². The SMILES string of the molecule is Cc1n[nH]c(=S)n1N=C/C(Cl)=C/c1ccccc1. The van der Waals surface area contributed by atoms with E-state index in [1.165, 1.54) is 10.9 Å². The number of H-pyrrole nitrogens is 1. The van der Waals surface area contributed by atoms with Crippen LogP contribution in [0.3, 0.4) is 0 Å². The van der Waals surface area contributed by atoms with Crippen LogP contribution in [0.1, 0.15) is 11.4 Å². The Bertz CT molecular complexity index is 640. The summed E-state index contributed by atoms with van der Waals surface area (Å²) >= 11 is 11.1. The molecular formula is C12H11ClN4S. The van der Waals surface area contributed by atoms with Crippen LogP contribution in [0.25, 0.3) is 6.08 Å². The Morgan fingerprint density at radius 3 is 2.78 bits per heavy atom. The maximum absolute atomic E-state index is 6.07. The van der Waals surface area contributed by atoms with Crippen LogP contribution in [0.2, 0.25) is 0 Å². The van der Waals surface area contributed by atoms with Crippen molar-refractivity contribution < 1.29 is 0 Å². The summed E-state index contributed by atoms with van der Waals surface area (Å²) in [5, 5.41) is 11.3. The zero-order chi connectivity index (χ0) is 13.0. The second-order valence-electron chi connectivity index (χ2n) is 3.57. The molecule has 0 atom stereocenters. The van der Waals surface area contributed by atoms with Crippen molar-refractivity contribution in [1.82, 2.24) is 14.9 Å². The molecular weight excluding hydrogens is 268 g/mol. The summed E-state index contributed by atoms with van der Waals surface area (Å²) in [6.45, 7) is 1.80. The normalized spacial score (nSPS) is 12.2. The van der Waals surface area contributed by atoms with E-state index < -0.39 is 0 Å². The molecule has 0 aliphatic rings. The molecule has 2 aromatic rings. The Morgan fingerprint density at radius 2 is 2.17 bits per heavy atom. The number of allylic oxidation sites excluding steroid dienone is 1. The standard InChI is InChI=1S/C12H11ClN4S/c1-9-15-16-12(18)17(9)14-8-11(13)7-10-5-3-2-4-6-10/h2-8H,1H3,(H,16,18)/b11-7-,14-8?. The molecule has 2 rings (SSSR count). The van der Waals surface area contributed by atoms with Gasteiger partial charge in [0.1, 0.15) is 5.82 Å². The number of nitrogens with zero attached hydrogens (tertiary/aromatic N) is 3. The smallest absolute Gasteiger partial charge is 0.216 e. The van der Waals surface area contributed by atoms with Gasteiger partial charge in [-0.15, -0.1) is 0 Å². The third-order valence-corrected chi connectivity index (χ3v) is 2.68. The van der Waals surface area contributed by atoms with E-state index in [0.717, 1.165) is 5.56 Å². The number of rotatable bonds is 3. The van der Waals surface area contributed by atoms with Crippen LogP contribution >= 0.6 is 23.8 Å². The van der Waals surface area contributed by atoms with Gasteiger partial charge >= 0.3 is 0 Å². The number of nitrogens with one attached hydrogen (secondary N) is 1. The molecule has 4 nitrogen and oxygen atoms in total. The number of aryl methyl sites for hydroxylation is 1. The molecule has 1 aromatic carbocycles. The van der Waals surface area contributed by atoms with Crippen LogP contribution in [-0.2, 0) is 0 Å². The van der Waals surface area contributed by atoms with E-state index in [9.17, 15) is 0 Å². The predicted molar refractivity (Wildman–Crippen MR) is 76.3 cm³/mol. The number of halogens is 1. The lowest BCUT2D eigenvalue weighted by atomic mass is 10.2. The Hall–Kier alpha value is -1.72. The van der Waals surface area contributed by atoms with Crippen LogP contribution in [0.4, 0.5) is 0 Å². The molecule has 1 heterocycles. The van der Waals surface area contributed by atoms with Crippen LogP contribution in [0, 0.1) is 11.7 Å². The molecule has 0 aliphatic heterocycles. The number of hydrogen-bond acceptors (Lipinski definition) is 3. The molecule has 0 fully saturated rings. The maximum atomic E-state index is 6.07. The van der Waals surface area contributed by atoms with Gasteiger partial charge in [0.15, 0.2) is 0 Å². The lowest BCUT2D eigenvalue weighted by Crippen LogP contribution is -1.92. The molecule has 0 unspecified atom stereocenters. The van der Waals surface area contributed by atoms with E-state index in [1.54, 1.807) is 6.92 Å². The Balaban J connectivity index is 2.20. The zero-order valence-electron chi connectivity index (χ0n) is 9.67. The van der Waals surface area contributed by atoms with E-state index in [-0.39, 0.29) is 0 Å². The van der Waals surface area contributed by atoms with Crippen molar-refractivity contribution in [1.29, 1.82) is 0 Å². The highest BCUT2D eigenvalue weighted by atomic mass is 35.5. The monoisotopic (exact) mass is 278 g/mol. The highest BCUT2D eigenvalue weighted by Crippen LogP contribution is 2.08. The molecule has 0 saturated heterocycles. The highest BCUT2D eigenvalue weighted by molar-refractivity contribution is 7.71. The first-order chi connectivity index (χ1) is 8.66. The quantitative estimate of drug-likeness (QED) is 0.691. The van der Waals surface area contributed by atoms with E-state index in [4.69, 9.17) is 23.8 Å². The molecule has 18 heavy (non-hydrogen) atoms. The number of hydrogen-bond donors (Lipinski definition) is 1. The van der Waals surface area contributed by atoms with Crippen molar-refractivity contribution in [3.8, 4) is 0 Å². The number of aromatic nitrogens is 3. The average molecular weight is 279 g/mol. The topological polar surface area (TPSA) is 46.0 Å². The molecule has 0 aliphatic carbocycles. The van der Waals surface area contributed by atoms with Crippen molar-refractivity contribution in [3.05, 3.63) is 51.5 Å².